The highest BCUT2D eigenvalue weighted by molar-refractivity contribution is 7.46. The number of hydrogen-bond donors (Lipinski definition) is 2. The molecule has 0 amide bonds. The molecule has 0 bridgehead atoms. The summed E-state index contributed by atoms with van der Waals surface area (Å²) in [5.74, 6) is 0.857. The number of carbonyl (C=O) groups is 1. The second-order valence-electron chi connectivity index (χ2n) is 5.12. The molecule has 25 heavy (non-hydrogen) atoms. The van der Waals surface area contributed by atoms with Gasteiger partial charge in [0.2, 0.25) is 0 Å². The van der Waals surface area contributed by atoms with Crippen LogP contribution in [0.4, 0.5) is 0 Å². The minimum absolute atomic E-state index is 0.0819. The van der Waals surface area contributed by atoms with Gasteiger partial charge in [-0.3, -0.25) is 4.52 Å². The molecule has 8 nitrogen and oxygen atoms in total. The van der Waals surface area contributed by atoms with Gasteiger partial charge in [-0.15, -0.1) is 0 Å². The summed E-state index contributed by atoms with van der Waals surface area (Å²) in [5.41, 5.74) is 0.366. The fourth-order valence-corrected chi connectivity index (χ4v) is 1.97. The Hall–Kier alpha value is -1.86. The number of benzene rings is 1. The Kier molecular flexibility index (Phi) is 9.23. The third-order valence-electron chi connectivity index (χ3n) is 2.78. The monoisotopic (exact) mass is 374 g/mol. The molecule has 1 aromatic carbocycles. The molecule has 0 aromatic heterocycles. The first kappa shape index (κ1) is 21.2. The van der Waals surface area contributed by atoms with Crippen molar-refractivity contribution in [3.63, 3.8) is 0 Å². The number of carbonyl (C=O) groups excluding carboxylic acids is 1. The van der Waals surface area contributed by atoms with E-state index in [4.69, 9.17) is 24.0 Å². The van der Waals surface area contributed by atoms with E-state index in [9.17, 15) is 9.36 Å². The molecule has 0 saturated carbocycles. The maximum absolute atomic E-state index is 11.2. The van der Waals surface area contributed by atoms with Crippen molar-refractivity contribution in [2.24, 2.45) is 0 Å². The van der Waals surface area contributed by atoms with Crippen LogP contribution in [-0.4, -0.2) is 42.2 Å². The zero-order chi connectivity index (χ0) is 18.7. The molecular weight excluding hydrogens is 351 g/mol. The lowest BCUT2D eigenvalue weighted by Gasteiger charge is -2.09. The molecule has 0 heterocycles. The quantitative estimate of drug-likeness (QED) is 0.248. The van der Waals surface area contributed by atoms with Crippen LogP contribution in [0.25, 0.3) is 0 Å². The SMILES string of the molecule is C=C(C)C(=O)OCCCOc1ccc(OCCCOP(=O)(O)O)cc1. The molecule has 9 heteroatoms. The molecule has 140 valence electrons. The maximum Gasteiger partial charge on any atom is 0.469 e. The molecule has 0 radical (unpaired) electrons. The molecule has 1 rings (SSSR count). The second-order valence-corrected chi connectivity index (χ2v) is 6.35. The van der Waals surface area contributed by atoms with Crippen LogP contribution in [0.2, 0.25) is 0 Å². The molecular formula is C16H23O8P. The highest BCUT2D eigenvalue weighted by atomic mass is 31.2. The Bertz CT molecular complexity index is 593. The summed E-state index contributed by atoms with van der Waals surface area (Å²) in [7, 11) is -4.42. The molecule has 0 fully saturated rings. The Morgan fingerprint density at radius 1 is 1.00 bits per heavy atom. The number of phosphoric acid groups is 1. The van der Waals surface area contributed by atoms with E-state index in [-0.39, 0.29) is 19.8 Å². The summed E-state index contributed by atoms with van der Waals surface area (Å²) in [6, 6.07) is 6.92. The van der Waals surface area contributed by atoms with E-state index in [2.05, 4.69) is 11.1 Å². The van der Waals surface area contributed by atoms with Gasteiger partial charge in [-0.05, 0) is 31.2 Å². The van der Waals surface area contributed by atoms with Gasteiger partial charge in [0.1, 0.15) is 11.5 Å². The Morgan fingerprint density at radius 3 is 1.92 bits per heavy atom. The number of ether oxygens (including phenoxy) is 3. The van der Waals surface area contributed by atoms with Crippen molar-refractivity contribution in [3.05, 3.63) is 36.4 Å². The van der Waals surface area contributed by atoms with Crippen LogP contribution in [-0.2, 0) is 18.6 Å². The molecule has 0 aliphatic heterocycles. The molecule has 0 atom stereocenters. The van der Waals surface area contributed by atoms with E-state index >= 15 is 0 Å². The second kappa shape index (κ2) is 10.9. The van der Waals surface area contributed by atoms with Gasteiger partial charge in [0.15, 0.2) is 0 Å². The number of esters is 1. The zero-order valence-electron chi connectivity index (χ0n) is 14.1. The van der Waals surface area contributed by atoms with E-state index in [1.165, 1.54) is 0 Å². The van der Waals surface area contributed by atoms with Crippen LogP contribution in [0.3, 0.4) is 0 Å². The fourth-order valence-electron chi connectivity index (χ4n) is 1.60. The van der Waals surface area contributed by atoms with Crippen LogP contribution in [0.5, 0.6) is 11.5 Å². The number of hydrogen-bond acceptors (Lipinski definition) is 6. The van der Waals surface area contributed by atoms with Gasteiger partial charge in [0, 0.05) is 18.4 Å². The van der Waals surface area contributed by atoms with Gasteiger partial charge in [0.05, 0.1) is 26.4 Å². The van der Waals surface area contributed by atoms with Crippen molar-refractivity contribution in [2.45, 2.75) is 19.8 Å². The molecule has 1 aromatic rings. The van der Waals surface area contributed by atoms with Crippen LogP contribution < -0.4 is 9.47 Å². The topological polar surface area (TPSA) is 112 Å². The summed E-state index contributed by atoms with van der Waals surface area (Å²) in [6.45, 7) is 5.95. The summed E-state index contributed by atoms with van der Waals surface area (Å²) in [6.07, 6.45) is 0.920. The van der Waals surface area contributed by atoms with Crippen molar-refractivity contribution in [1.29, 1.82) is 0 Å². The summed E-state index contributed by atoms with van der Waals surface area (Å²) in [4.78, 5) is 28.2. The van der Waals surface area contributed by atoms with Gasteiger partial charge >= 0.3 is 13.8 Å². The molecule has 0 aliphatic carbocycles. The molecule has 0 unspecified atom stereocenters. The van der Waals surface area contributed by atoms with Crippen molar-refractivity contribution in [1.82, 2.24) is 0 Å². The average molecular weight is 374 g/mol. The van der Waals surface area contributed by atoms with Gasteiger partial charge in [-0.1, -0.05) is 6.58 Å². The van der Waals surface area contributed by atoms with E-state index in [0.29, 0.717) is 36.5 Å². The predicted molar refractivity (Wildman–Crippen MR) is 90.4 cm³/mol. The van der Waals surface area contributed by atoms with Crippen LogP contribution in [0.15, 0.2) is 36.4 Å². The third-order valence-corrected chi connectivity index (χ3v) is 3.30. The van der Waals surface area contributed by atoms with Crippen molar-refractivity contribution in [3.8, 4) is 11.5 Å². The van der Waals surface area contributed by atoms with Gasteiger partial charge in [0.25, 0.3) is 0 Å². The fraction of sp³-hybridized carbons (Fsp3) is 0.438. The third kappa shape index (κ3) is 10.6. The van der Waals surface area contributed by atoms with Gasteiger partial charge < -0.3 is 24.0 Å². The first-order chi connectivity index (χ1) is 11.8. The zero-order valence-corrected chi connectivity index (χ0v) is 14.9. The summed E-state index contributed by atoms with van der Waals surface area (Å²) in [5, 5.41) is 0. The van der Waals surface area contributed by atoms with E-state index < -0.39 is 13.8 Å². The molecule has 0 aliphatic rings. The standard InChI is InChI=1S/C16H23O8P/c1-13(2)16(17)23-11-3-9-21-14-5-7-15(8-6-14)22-10-4-12-24-25(18,19)20/h5-8H,1,3-4,9-12H2,2H3,(H2,18,19,20). The summed E-state index contributed by atoms with van der Waals surface area (Å²) < 4.78 is 30.7. The smallest absolute Gasteiger partial charge is 0.469 e. The lowest BCUT2D eigenvalue weighted by atomic mass is 10.3. The minimum atomic E-state index is -4.42. The summed E-state index contributed by atoms with van der Waals surface area (Å²) >= 11 is 0. The van der Waals surface area contributed by atoms with Gasteiger partial charge in [-0.25, -0.2) is 9.36 Å². The van der Waals surface area contributed by atoms with Crippen molar-refractivity contribution < 1.29 is 37.9 Å². The highest BCUT2D eigenvalue weighted by Gasteiger charge is 2.12. The maximum atomic E-state index is 11.2. The van der Waals surface area contributed by atoms with E-state index in [1.54, 1.807) is 31.2 Å². The highest BCUT2D eigenvalue weighted by Crippen LogP contribution is 2.35. The normalized spacial score (nSPS) is 11.0. The number of rotatable bonds is 12. The lowest BCUT2D eigenvalue weighted by molar-refractivity contribution is -0.139. The Labute approximate surface area is 146 Å². The van der Waals surface area contributed by atoms with Crippen molar-refractivity contribution in [2.75, 3.05) is 26.4 Å². The van der Waals surface area contributed by atoms with E-state index in [0.717, 1.165) is 0 Å². The van der Waals surface area contributed by atoms with Crippen LogP contribution >= 0.6 is 7.82 Å². The first-order valence-electron chi connectivity index (χ1n) is 7.66. The average Bonchev–Trinajstić information content (AvgIpc) is 2.54. The largest absolute Gasteiger partial charge is 0.494 e. The van der Waals surface area contributed by atoms with Gasteiger partial charge in [-0.2, -0.15) is 0 Å². The lowest BCUT2D eigenvalue weighted by Crippen LogP contribution is -2.09. The van der Waals surface area contributed by atoms with Crippen LogP contribution in [0, 0.1) is 0 Å². The number of phosphoric ester groups is 1. The Balaban J connectivity index is 2.16. The molecule has 2 N–H and O–H groups in total. The Morgan fingerprint density at radius 2 is 1.48 bits per heavy atom. The molecule has 0 saturated heterocycles. The van der Waals surface area contributed by atoms with Crippen molar-refractivity contribution >= 4 is 13.8 Å². The predicted octanol–water partition coefficient (Wildman–Crippen LogP) is 2.45. The minimum Gasteiger partial charge on any atom is -0.494 e. The van der Waals surface area contributed by atoms with E-state index in [1.807, 2.05) is 0 Å². The van der Waals surface area contributed by atoms with Crippen LogP contribution in [0.1, 0.15) is 19.8 Å². The molecule has 0 spiro atoms. The first-order valence-corrected chi connectivity index (χ1v) is 9.19.